The van der Waals surface area contributed by atoms with E-state index in [1.54, 1.807) is 4.52 Å². The molecule has 0 saturated carbocycles. The average Bonchev–Trinajstić information content (AvgIpc) is 3.05. The van der Waals surface area contributed by atoms with Gasteiger partial charge in [-0.05, 0) is 20.3 Å². The second-order valence-corrected chi connectivity index (χ2v) is 5.12. The van der Waals surface area contributed by atoms with Crippen LogP contribution in [0.2, 0.25) is 0 Å². The van der Waals surface area contributed by atoms with Gasteiger partial charge in [-0.15, -0.1) is 0 Å². The maximum Gasteiger partial charge on any atom is 0.254 e. The molecule has 3 aromatic rings. The van der Waals surface area contributed by atoms with Gasteiger partial charge in [-0.25, -0.2) is 4.98 Å². The van der Waals surface area contributed by atoms with Crippen LogP contribution in [0.3, 0.4) is 0 Å². The van der Waals surface area contributed by atoms with Crippen molar-refractivity contribution in [3.8, 4) is 0 Å². The highest BCUT2D eigenvalue weighted by Gasteiger charge is 2.10. The van der Waals surface area contributed by atoms with Crippen molar-refractivity contribution >= 4 is 11.6 Å². The fraction of sp³-hybridized carbons (Fsp3) is 0.429. The lowest BCUT2D eigenvalue weighted by Gasteiger charge is -2.10. The quantitative estimate of drug-likeness (QED) is 0.749. The molecule has 7 heteroatoms. The Morgan fingerprint density at radius 1 is 1.33 bits per heavy atom. The summed E-state index contributed by atoms with van der Waals surface area (Å²) >= 11 is 0. The van der Waals surface area contributed by atoms with Gasteiger partial charge in [0.05, 0.1) is 5.69 Å². The molecule has 3 rings (SSSR count). The number of fused-ring (bicyclic) bond motifs is 1. The van der Waals surface area contributed by atoms with Crippen molar-refractivity contribution in [3.63, 3.8) is 0 Å². The molecule has 0 bridgehead atoms. The number of rotatable bonds is 5. The zero-order valence-corrected chi connectivity index (χ0v) is 12.5. The van der Waals surface area contributed by atoms with Gasteiger partial charge in [0, 0.05) is 29.6 Å². The van der Waals surface area contributed by atoms with Crippen LogP contribution in [-0.2, 0) is 13.0 Å². The van der Waals surface area contributed by atoms with Gasteiger partial charge >= 0.3 is 0 Å². The molecule has 0 unspecified atom stereocenters. The molecule has 0 aliphatic heterocycles. The first-order valence-electron chi connectivity index (χ1n) is 7.13. The molecule has 3 aromatic heterocycles. The van der Waals surface area contributed by atoms with E-state index in [2.05, 4.69) is 37.5 Å². The van der Waals surface area contributed by atoms with Crippen molar-refractivity contribution in [1.29, 1.82) is 0 Å². The number of aromatic amines is 1. The van der Waals surface area contributed by atoms with E-state index in [9.17, 15) is 0 Å². The second kappa shape index (κ2) is 5.51. The minimum absolute atomic E-state index is 0.629. The Bertz CT molecular complexity index is 736. The van der Waals surface area contributed by atoms with Crippen molar-refractivity contribution in [2.24, 2.45) is 0 Å². The Kier molecular flexibility index (Phi) is 3.55. The van der Waals surface area contributed by atoms with Crippen LogP contribution >= 0.6 is 0 Å². The Morgan fingerprint density at radius 3 is 2.90 bits per heavy atom. The number of hydrogen-bond acceptors (Lipinski definition) is 5. The summed E-state index contributed by atoms with van der Waals surface area (Å²) in [5.74, 6) is 1.53. The summed E-state index contributed by atoms with van der Waals surface area (Å²) in [4.78, 5) is 8.68. The molecule has 0 saturated heterocycles. The van der Waals surface area contributed by atoms with Gasteiger partial charge in [0.1, 0.15) is 12.1 Å². The first-order chi connectivity index (χ1) is 10.2. The van der Waals surface area contributed by atoms with Crippen molar-refractivity contribution in [2.45, 2.75) is 40.2 Å². The van der Waals surface area contributed by atoms with Gasteiger partial charge in [-0.2, -0.15) is 19.7 Å². The third kappa shape index (κ3) is 2.58. The maximum atomic E-state index is 4.50. The lowest BCUT2D eigenvalue weighted by molar-refractivity contribution is 0.853. The molecule has 2 N–H and O–H groups in total. The highest BCUT2D eigenvalue weighted by atomic mass is 15.3. The van der Waals surface area contributed by atoms with Crippen LogP contribution in [0.25, 0.3) is 5.78 Å². The van der Waals surface area contributed by atoms with Crippen molar-refractivity contribution in [1.82, 2.24) is 29.8 Å². The molecule has 0 fully saturated rings. The fourth-order valence-electron chi connectivity index (χ4n) is 2.38. The standard InChI is InChI=1S/C14H19N7/c1-4-5-11-6-13(21-14(18-11)16-8-17-21)15-7-12-9(2)19-20-10(12)3/h6,8,15H,4-5,7H2,1-3H3,(H,19,20). The molecule has 21 heavy (non-hydrogen) atoms. The molecule has 0 radical (unpaired) electrons. The first-order valence-corrected chi connectivity index (χ1v) is 7.13. The third-order valence-corrected chi connectivity index (χ3v) is 3.54. The lowest BCUT2D eigenvalue weighted by Crippen LogP contribution is -2.08. The van der Waals surface area contributed by atoms with Gasteiger partial charge in [-0.1, -0.05) is 13.3 Å². The molecule has 0 spiro atoms. The van der Waals surface area contributed by atoms with Crippen LogP contribution in [0.15, 0.2) is 12.4 Å². The number of nitrogens with one attached hydrogen (secondary N) is 2. The highest BCUT2D eigenvalue weighted by Crippen LogP contribution is 2.15. The minimum atomic E-state index is 0.629. The number of aromatic nitrogens is 6. The SMILES string of the molecule is CCCc1cc(NCc2c(C)n[nH]c2C)n2ncnc2n1. The molecular weight excluding hydrogens is 266 g/mol. The van der Waals surface area contributed by atoms with Crippen LogP contribution in [0.5, 0.6) is 0 Å². The predicted molar refractivity (Wildman–Crippen MR) is 80.2 cm³/mol. The summed E-state index contributed by atoms with van der Waals surface area (Å²) in [6.07, 6.45) is 3.51. The maximum absolute atomic E-state index is 4.50. The van der Waals surface area contributed by atoms with Crippen LogP contribution < -0.4 is 5.32 Å². The van der Waals surface area contributed by atoms with Gasteiger partial charge < -0.3 is 5.32 Å². The number of aryl methyl sites for hydroxylation is 3. The van der Waals surface area contributed by atoms with E-state index in [1.807, 2.05) is 19.9 Å². The fourth-order valence-corrected chi connectivity index (χ4v) is 2.38. The van der Waals surface area contributed by atoms with E-state index in [4.69, 9.17) is 0 Å². The predicted octanol–water partition coefficient (Wildman–Crippen LogP) is 2.03. The van der Waals surface area contributed by atoms with Gasteiger partial charge in [0.25, 0.3) is 5.78 Å². The van der Waals surface area contributed by atoms with E-state index in [1.165, 1.54) is 11.9 Å². The summed E-state index contributed by atoms with van der Waals surface area (Å²) in [6, 6.07) is 2.04. The Morgan fingerprint density at radius 2 is 2.19 bits per heavy atom. The highest BCUT2D eigenvalue weighted by molar-refractivity contribution is 5.46. The largest absolute Gasteiger partial charge is 0.366 e. The summed E-state index contributed by atoms with van der Waals surface area (Å²) in [5.41, 5.74) is 4.30. The monoisotopic (exact) mass is 285 g/mol. The first kappa shape index (κ1) is 13.5. The Labute approximate surface area is 122 Å². The molecule has 0 aliphatic carbocycles. The Hall–Kier alpha value is -2.44. The number of anilines is 1. The smallest absolute Gasteiger partial charge is 0.254 e. The van der Waals surface area contributed by atoms with E-state index in [-0.39, 0.29) is 0 Å². The van der Waals surface area contributed by atoms with Crippen LogP contribution in [-0.4, -0.2) is 29.8 Å². The average molecular weight is 285 g/mol. The van der Waals surface area contributed by atoms with Gasteiger partial charge in [0.15, 0.2) is 0 Å². The van der Waals surface area contributed by atoms with E-state index in [0.717, 1.165) is 35.7 Å². The van der Waals surface area contributed by atoms with Gasteiger partial charge in [-0.3, -0.25) is 5.10 Å². The molecule has 3 heterocycles. The third-order valence-electron chi connectivity index (χ3n) is 3.54. The molecule has 0 aliphatic rings. The van der Waals surface area contributed by atoms with Crippen molar-refractivity contribution < 1.29 is 0 Å². The zero-order valence-electron chi connectivity index (χ0n) is 12.5. The normalized spacial score (nSPS) is 11.2. The van der Waals surface area contributed by atoms with E-state index in [0.29, 0.717) is 12.3 Å². The summed E-state index contributed by atoms with van der Waals surface area (Å²) in [7, 11) is 0. The molecule has 7 nitrogen and oxygen atoms in total. The van der Waals surface area contributed by atoms with Gasteiger partial charge in [0.2, 0.25) is 0 Å². The number of H-pyrrole nitrogens is 1. The Balaban J connectivity index is 1.90. The van der Waals surface area contributed by atoms with Crippen LogP contribution in [0, 0.1) is 13.8 Å². The second-order valence-electron chi connectivity index (χ2n) is 5.12. The summed E-state index contributed by atoms with van der Waals surface area (Å²) < 4.78 is 1.73. The minimum Gasteiger partial charge on any atom is -0.366 e. The molecule has 110 valence electrons. The van der Waals surface area contributed by atoms with E-state index >= 15 is 0 Å². The van der Waals surface area contributed by atoms with Crippen LogP contribution in [0.1, 0.15) is 36.0 Å². The van der Waals surface area contributed by atoms with Crippen molar-refractivity contribution in [3.05, 3.63) is 35.0 Å². The summed E-state index contributed by atoms with van der Waals surface area (Å²) in [5, 5.41) is 14.9. The summed E-state index contributed by atoms with van der Waals surface area (Å²) in [6.45, 7) is 6.86. The molecule has 0 aromatic carbocycles. The number of hydrogen-bond donors (Lipinski definition) is 2. The molecule has 0 amide bonds. The lowest BCUT2D eigenvalue weighted by atomic mass is 10.2. The topological polar surface area (TPSA) is 83.8 Å². The van der Waals surface area contributed by atoms with E-state index < -0.39 is 0 Å². The van der Waals surface area contributed by atoms with Crippen LogP contribution in [0.4, 0.5) is 5.82 Å². The molecule has 0 atom stereocenters. The van der Waals surface area contributed by atoms with Crippen molar-refractivity contribution in [2.75, 3.05) is 5.32 Å². The number of nitrogens with zero attached hydrogens (tertiary/aromatic N) is 5. The zero-order chi connectivity index (χ0) is 14.8. The molecular formula is C14H19N7.